The molecule has 8 nitrogen and oxygen atoms in total. The lowest BCUT2D eigenvalue weighted by Gasteiger charge is -2.52. The number of piperazine rings is 1. The average molecular weight is 376 g/mol. The summed E-state index contributed by atoms with van der Waals surface area (Å²) in [5.41, 5.74) is 2.46. The van der Waals surface area contributed by atoms with Gasteiger partial charge in [0.05, 0.1) is 29.9 Å². The van der Waals surface area contributed by atoms with E-state index >= 15 is 0 Å². The fraction of sp³-hybridized carbons (Fsp3) is 0.500. The number of likely N-dealkylation sites (N-methyl/N-ethyl adjacent to an activating group) is 1. The molecule has 5 rings (SSSR count). The Balaban J connectivity index is 1.39. The molecule has 2 aliphatic rings. The monoisotopic (exact) mass is 376 g/mol. The first kappa shape index (κ1) is 17.3. The largest absolute Gasteiger partial charge is 0.346 e. The van der Waals surface area contributed by atoms with Crippen molar-refractivity contribution in [1.29, 1.82) is 5.26 Å². The Labute approximate surface area is 163 Å². The maximum Gasteiger partial charge on any atom is 0.141 e. The van der Waals surface area contributed by atoms with E-state index in [0.29, 0.717) is 12.5 Å². The van der Waals surface area contributed by atoms with Crippen LogP contribution in [0, 0.1) is 11.3 Å². The molecule has 1 aliphatic heterocycles. The van der Waals surface area contributed by atoms with Gasteiger partial charge in [-0.1, -0.05) is 0 Å². The molecule has 2 fully saturated rings. The van der Waals surface area contributed by atoms with Crippen molar-refractivity contribution in [3.8, 4) is 17.3 Å². The zero-order valence-electron chi connectivity index (χ0n) is 16.0. The Hall–Kier alpha value is -2.76. The summed E-state index contributed by atoms with van der Waals surface area (Å²) in [5, 5.41) is 15.1. The van der Waals surface area contributed by atoms with Gasteiger partial charge in [0.15, 0.2) is 0 Å². The number of aromatic nitrogens is 5. The lowest BCUT2D eigenvalue weighted by Crippen LogP contribution is -2.59. The Morgan fingerprint density at radius 2 is 2.07 bits per heavy atom. The fourth-order valence-corrected chi connectivity index (χ4v) is 4.63. The Kier molecular flexibility index (Phi) is 4.14. The number of hydrogen-bond acceptors (Lipinski definition) is 6. The van der Waals surface area contributed by atoms with E-state index in [4.69, 9.17) is 0 Å². The Morgan fingerprint density at radius 1 is 1.25 bits per heavy atom. The summed E-state index contributed by atoms with van der Waals surface area (Å²) in [7, 11) is 2.18. The molecule has 0 aromatic carbocycles. The molecule has 144 valence electrons. The van der Waals surface area contributed by atoms with Crippen LogP contribution < -0.4 is 0 Å². The molecule has 1 saturated heterocycles. The Morgan fingerprint density at radius 3 is 2.86 bits per heavy atom. The van der Waals surface area contributed by atoms with E-state index in [2.05, 4.69) is 43.0 Å². The smallest absolute Gasteiger partial charge is 0.141 e. The molecular weight excluding hydrogens is 352 g/mol. The number of aromatic amines is 1. The minimum absolute atomic E-state index is 0.203. The SMILES string of the molecule is CN1CCN(C2CC(CC#N)(n3cc(-c4ncnc5[nH]ccc45)cn3)C2)CC1. The number of nitriles is 1. The number of fused-ring (bicyclic) bond motifs is 1. The number of nitrogens with one attached hydrogen (secondary N) is 1. The van der Waals surface area contributed by atoms with Gasteiger partial charge in [0.2, 0.25) is 0 Å². The topological polar surface area (TPSA) is 89.7 Å². The van der Waals surface area contributed by atoms with Crippen LogP contribution in [-0.2, 0) is 5.54 Å². The predicted molar refractivity (Wildman–Crippen MR) is 105 cm³/mol. The summed E-state index contributed by atoms with van der Waals surface area (Å²) in [6.45, 7) is 4.46. The van der Waals surface area contributed by atoms with E-state index in [0.717, 1.165) is 61.3 Å². The van der Waals surface area contributed by atoms with Crippen LogP contribution in [-0.4, -0.2) is 73.8 Å². The van der Waals surface area contributed by atoms with Crippen LogP contribution in [0.4, 0.5) is 0 Å². The molecule has 0 bridgehead atoms. The molecule has 3 aromatic heterocycles. The summed E-state index contributed by atoms with van der Waals surface area (Å²) in [6.07, 6.45) is 9.80. The van der Waals surface area contributed by atoms with Crippen molar-refractivity contribution in [2.24, 2.45) is 0 Å². The van der Waals surface area contributed by atoms with Crippen LogP contribution in [0.2, 0.25) is 0 Å². The van der Waals surface area contributed by atoms with Crippen LogP contribution in [0.25, 0.3) is 22.3 Å². The molecule has 8 heteroatoms. The lowest BCUT2D eigenvalue weighted by atomic mass is 9.70. The number of H-pyrrole nitrogens is 1. The zero-order valence-corrected chi connectivity index (χ0v) is 16.0. The van der Waals surface area contributed by atoms with E-state index in [1.165, 1.54) is 0 Å². The Bertz CT molecular complexity index is 1010. The van der Waals surface area contributed by atoms with Crippen LogP contribution in [0.15, 0.2) is 31.0 Å². The van der Waals surface area contributed by atoms with Gasteiger partial charge in [0.1, 0.15) is 12.0 Å². The quantitative estimate of drug-likeness (QED) is 0.747. The summed E-state index contributed by atoms with van der Waals surface area (Å²) in [5.74, 6) is 0. The van der Waals surface area contributed by atoms with Crippen molar-refractivity contribution >= 4 is 11.0 Å². The molecule has 3 aromatic rings. The second-order valence-corrected chi connectivity index (χ2v) is 8.10. The third kappa shape index (κ3) is 2.79. The number of hydrogen-bond donors (Lipinski definition) is 1. The standard InChI is InChI=1S/C20H24N8/c1-26-6-8-27(9-7-26)16-10-20(11-16,3-4-21)28-13-15(12-25-28)18-17-2-5-22-19(17)24-14-23-18/h2,5,12-14,16H,3,6-11H2,1H3,(H,22,23,24). The molecule has 1 saturated carbocycles. The molecule has 1 N–H and O–H groups in total. The van der Waals surface area contributed by atoms with Gasteiger partial charge in [0.25, 0.3) is 0 Å². The van der Waals surface area contributed by atoms with Crippen LogP contribution in [0.5, 0.6) is 0 Å². The van der Waals surface area contributed by atoms with Crippen molar-refractivity contribution < 1.29 is 0 Å². The van der Waals surface area contributed by atoms with Gasteiger partial charge in [-0.25, -0.2) is 9.97 Å². The maximum absolute atomic E-state index is 9.46. The number of rotatable bonds is 4. The highest BCUT2D eigenvalue weighted by Crippen LogP contribution is 2.45. The molecule has 4 heterocycles. The van der Waals surface area contributed by atoms with E-state index in [-0.39, 0.29) is 5.54 Å². The molecule has 0 atom stereocenters. The molecule has 1 aliphatic carbocycles. The summed E-state index contributed by atoms with van der Waals surface area (Å²) >= 11 is 0. The summed E-state index contributed by atoms with van der Waals surface area (Å²) < 4.78 is 2.01. The molecule has 0 amide bonds. The second kappa shape index (κ2) is 6.69. The molecule has 28 heavy (non-hydrogen) atoms. The molecule has 0 unspecified atom stereocenters. The van der Waals surface area contributed by atoms with E-state index in [9.17, 15) is 5.26 Å². The van der Waals surface area contributed by atoms with Crippen LogP contribution in [0.3, 0.4) is 0 Å². The van der Waals surface area contributed by atoms with E-state index in [1.807, 2.05) is 29.3 Å². The van der Waals surface area contributed by atoms with Crippen LogP contribution >= 0.6 is 0 Å². The van der Waals surface area contributed by atoms with E-state index in [1.54, 1.807) is 6.33 Å². The molecular formula is C20H24N8. The normalized spacial score (nSPS) is 26.2. The highest BCUT2D eigenvalue weighted by Gasteiger charge is 2.49. The third-order valence-electron chi connectivity index (χ3n) is 6.39. The first-order valence-electron chi connectivity index (χ1n) is 9.82. The van der Waals surface area contributed by atoms with Crippen molar-refractivity contribution in [2.45, 2.75) is 30.8 Å². The molecule has 0 spiro atoms. The van der Waals surface area contributed by atoms with Gasteiger partial charge in [0, 0.05) is 55.6 Å². The van der Waals surface area contributed by atoms with Crippen molar-refractivity contribution in [3.63, 3.8) is 0 Å². The van der Waals surface area contributed by atoms with E-state index < -0.39 is 0 Å². The minimum atomic E-state index is -0.203. The maximum atomic E-state index is 9.46. The highest BCUT2D eigenvalue weighted by molar-refractivity contribution is 5.89. The van der Waals surface area contributed by atoms with Crippen molar-refractivity contribution in [1.82, 2.24) is 34.5 Å². The zero-order chi connectivity index (χ0) is 19.1. The van der Waals surface area contributed by atoms with Gasteiger partial charge in [-0.05, 0) is 26.0 Å². The van der Waals surface area contributed by atoms with Gasteiger partial charge >= 0.3 is 0 Å². The second-order valence-electron chi connectivity index (χ2n) is 8.10. The highest BCUT2D eigenvalue weighted by atomic mass is 15.3. The van der Waals surface area contributed by atoms with Gasteiger partial charge in [-0.2, -0.15) is 10.4 Å². The van der Waals surface area contributed by atoms with Gasteiger partial charge in [-0.15, -0.1) is 0 Å². The predicted octanol–water partition coefficient (Wildman–Crippen LogP) is 1.84. The third-order valence-corrected chi connectivity index (χ3v) is 6.39. The van der Waals surface area contributed by atoms with Crippen molar-refractivity contribution in [2.75, 3.05) is 33.2 Å². The number of nitrogens with zero attached hydrogens (tertiary/aromatic N) is 7. The summed E-state index contributed by atoms with van der Waals surface area (Å²) in [6, 6.07) is 4.93. The minimum Gasteiger partial charge on any atom is -0.346 e. The first-order valence-corrected chi connectivity index (χ1v) is 9.82. The van der Waals surface area contributed by atoms with Crippen molar-refractivity contribution in [3.05, 3.63) is 31.0 Å². The fourth-order valence-electron chi connectivity index (χ4n) is 4.63. The summed E-state index contributed by atoms with van der Waals surface area (Å²) in [4.78, 5) is 16.8. The van der Waals surface area contributed by atoms with Crippen LogP contribution in [0.1, 0.15) is 19.3 Å². The average Bonchev–Trinajstić information content (AvgIpc) is 3.34. The lowest BCUT2D eigenvalue weighted by molar-refractivity contribution is -0.0147. The van der Waals surface area contributed by atoms with Gasteiger partial charge in [-0.3, -0.25) is 9.58 Å². The molecule has 0 radical (unpaired) electrons. The van der Waals surface area contributed by atoms with Gasteiger partial charge < -0.3 is 9.88 Å². The first-order chi connectivity index (χ1) is 13.7.